The van der Waals surface area contributed by atoms with Crippen molar-refractivity contribution in [2.75, 3.05) is 31.2 Å². The highest BCUT2D eigenvalue weighted by atomic mass is 35.5. The van der Waals surface area contributed by atoms with Crippen molar-refractivity contribution >= 4 is 34.5 Å². The quantitative estimate of drug-likeness (QED) is 0.604. The number of ether oxygens (including phenoxy) is 1. The normalized spacial score (nSPS) is 19.4. The van der Waals surface area contributed by atoms with Crippen molar-refractivity contribution in [1.82, 2.24) is 14.9 Å². The molecule has 2 aromatic carbocycles. The summed E-state index contributed by atoms with van der Waals surface area (Å²) in [6.45, 7) is 9.26. The molecule has 0 spiro atoms. The molecule has 6 nitrogen and oxygen atoms in total. The minimum Gasteiger partial charge on any atom is -0.379 e. The molecule has 2 fully saturated rings. The molecule has 0 aliphatic carbocycles. The van der Waals surface area contributed by atoms with Gasteiger partial charge in [0.25, 0.3) is 0 Å². The van der Waals surface area contributed by atoms with E-state index in [0.717, 1.165) is 72.2 Å². The number of amides is 1. The Hall–Kier alpha value is -2.57. The average molecular weight is 467 g/mol. The van der Waals surface area contributed by atoms with Gasteiger partial charge in [0.2, 0.25) is 11.9 Å². The monoisotopic (exact) mass is 466 g/mol. The lowest BCUT2D eigenvalue weighted by Crippen LogP contribution is -2.44. The summed E-state index contributed by atoms with van der Waals surface area (Å²) in [6, 6.07) is 10.7. The van der Waals surface area contributed by atoms with Gasteiger partial charge < -0.3 is 15.0 Å². The summed E-state index contributed by atoms with van der Waals surface area (Å²) < 4.78 is 7.63. The number of aryl methyl sites for hydroxylation is 3. The number of anilines is 1. The lowest BCUT2D eigenvalue weighted by molar-refractivity contribution is -0.126. The van der Waals surface area contributed by atoms with E-state index in [1.807, 2.05) is 13.0 Å². The van der Waals surface area contributed by atoms with Crippen LogP contribution < -0.4 is 10.2 Å². The number of aromatic nitrogens is 2. The lowest BCUT2D eigenvalue weighted by Gasteiger charge is -2.33. The molecule has 2 aliphatic heterocycles. The van der Waals surface area contributed by atoms with Gasteiger partial charge in [0.15, 0.2) is 0 Å². The molecule has 5 rings (SSSR count). The molecule has 1 amide bonds. The fraction of sp³-hybridized carbons (Fsp3) is 0.462. The highest BCUT2D eigenvalue weighted by Gasteiger charge is 2.30. The second kappa shape index (κ2) is 8.99. The standard InChI is InChI=1S/C26H31ClN4O2/c1-16-13-23-24(14-17(16)2)31(21-4-5-22(27)18(3)12-21)26(29-23)30-9-6-19(7-10-30)25(32)28-20-8-11-33-15-20/h4-5,12-14,19-20H,6-11,15H2,1-3H3,(H,28,32)/t20-/m1/s1. The molecule has 1 aromatic heterocycles. The number of imidazole rings is 1. The highest BCUT2D eigenvalue weighted by molar-refractivity contribution is 6.31. The maximum absolute atomic E-state index is 12.8. The van der Waals surface area contributed by atoms with Crippen molar-refractivity contribution in [3.05, 3.63) is 52.0 Å². The van der Waals surface area contributed by atoms with Gasteiger partial charge in [0, 0.05) is 36.3 Å². The first-order valence-corrected chi connectivity index (χ1v) is 12.2. The zero-order chi connectivity index (χ0) is 23.1. The van der Waals surface area contributed by atoms with E-state index < -0.39 is 0 Å². The molecular formula is C26H31ClN4O2. The second-order valence-corrected chi connectivity index (χ2v) is 9.84. The van der Waals surface area contributed by atoms with Crippen LogP contribution in [0.3, 0.4) is 0 Å². The van der Waals surface area contributed by atoms with E-state index in [1.54, 1.807) is 0 Å². The number of nitrogens with zero attached hydrogens (tertiary/aromatic N) is 3. The van der Waals surface area contributed by atoms with Gasteiger partial charge >= 0.3 is 0 Å². The van der Waals surface area contributed by atoms with E-state index in [-0.39, 0.29) is 17.9 Å². The summed E-state index contributed by atoms with van der Waals surface area (Å²) >= 11 is 6.32. The predicted molar refractivity (Wildman–Crippen MR) is 133 cm³/mol. The van der Waals surface area contributed by atoms with Gasteiger partial charge in [0.1, 0.15) is 0 Å². The molecule has 0 bridgehead atoms. The van der Waals surface area contributed by atoms with Gasteiger partial charge in [0.05, 0.1) is 23.7 Å². The number of carbonyl (C=O) groups excluding carboxylic acids is 1. The van der Waals surface area contributed by atoms with E-state index in [1.165, 1.54) is 11.1 Å². The SMILES string of the molecule is Cc1cc2nc(N3CCC(C(=O)N[C@@H]4CCOC4)CC3)n(-c3ccc(Cl)c(C)c3)c2cc1C. The zero-order valence-electron chi connectivity index (χ0n) is 19.5. The molecule has 3 heterocycles. The third-order valence-electron chi connectivity index (χ3n) is 7.08. The summed E-state index contributed by atoms with van der Waals surface area (Å²) in [5.74, 6) is 1.14. The first-order valence-electron chi connectivity index (χ1n) is 11.8. The molecule has 1 N–H and O–H groups in total. The molecule has 174 valence electrons. The number of carbonyl (C=O) groups is 1. The Morgan fingerprint density at radius 2 is 1.82 bits per heavy atom. The molecule has 3 aromatic rings. The van der Waals surface area contributed by atoms with E-state index in [4.69, 9.17) is 21.3 Å². The fourth-order valence-corrected chi connectivity index (χ4v) is 4.98. The average Bonchev–Trinajstić information content (AvgIpc) is 3.44. The summed E-state index contributed by atoms with van der Waals surface area (Å²) in [6.07, 6.45) is 2.55. The van der Waals surface area contributed by atoms with Crippen molar-refractivity contribution < 1.29 is 9.53 Å². The number of hydrogen-bond acceptors (Lipinski definition) is 4. The number of piperidine rings is 1. The summed E-state index contributed by atoms with van der Waals surface area (Å²) in [7, 11) is 0. The number of nitrogens with one attached hydrogen (secondary N) is 1. The van der Waals surface area contributed by atoms with E-state index in [9.17, 15) is 4.79 Å². The first-order chi connectivity index (χ1) is 15.9. The smallest absolute Gasteiger partial charge is 0.223 e. The van der Waals surface area contributed by atoms with Crippen LogP contribution in [-0.2, 0) is 9.53 Å². The number of rotatable bonds is 4. The Labute approximate surface area is 199 Å². The molecule has 0 unspecified atom stereocenters. The molecule has 0 saturated carbocycles. The Balaban J connectivity index is 1.44. The molecule has 2 saturated heterocycles. The molecular weight excluding hydrogens is 436 g/mol. The molecule has 0 radical (unpaired) electrons. The van der Waals surface area contributed by atoms with Gasteiger partial charge in [-0.15, -0.1) is 0 Å². The Kier molecular flexibility index (Phi) is 6.06. The molecule has 33 heavy (non-hydrogen) atoms. The summed E-state index contributed by atoms with van der Waals surface area (Å²) in [4.78, 5) is 20.1. The van der Waals surface area contributed by atoms with Gasteiger partial charge in [-0.1, -0.05) is 11.6 Å². The predicted octanol–water partition coefficient (Wildman–Crippen LogP) is 4.73. The minimum absolute atomic E-state index is 0.0435. The zero-order valence-corrected chi connectivity index (χ0v) is 20.3. The van der Waals surface area contributed by atoms with Crippen molar-refractivity contribution in [2.45, 2.75) is 46.1 Å². The summed E-state index contributed by atoms with van der Waals surface area (Å²) in [5, 5.41) is 3.93. The summed E-state index contributed by atoms with van der Waals surface area (Å²) in [5.41, 5.74) is 6.65. The third kappa shape index (κ3) is 4.34. The van der Waals surface area contributed by atoms with Crippen LogP contribution in [0.25, 0.3) is 16.7 Å². The van der Waals surface area contributed by atoms with Crippen LogP contribution in [0.2, 0.25) is 5.02 Å². The van der Waals surface area contributed by atoms with Crippen LogP contribution in [0.1, 0.15) is 36.0 Å². The van der Waals surface area contributed by atoms with Crippen molar-refractivity contribution in [1.29, 1.82) is 0 Å². The molecule has 2 aliphatic rings. The number of halogens is 1. The Bertz CT molecular complexity index is 1190. The third-order valence-corrected chi connectivity index (χ3v) is 7.50. The largest absolute Gasteiger partial charge is 0.379 e. The number of benzene rings is 2. The van der Waals surface area contributed by atoms with Crippen LogP contribution in [0, 0.1) is 26.7 Å². The Morgan fingerprint density at radius 3 is 2.52 bits per heavy atom. The topological polar surface area (TPSA) is 59.4 Å². The van der Waals surface area contributed by atoms with Crippen molar-refractivity contribution in [2.24, 2.45) is 5.92 Å². The highest BCUT2D eigenvalue weighted by Crippen LogP contribution is 2.32. The molecule has 1 atom stereocenters. The lowest BCUT2D eigenvalue weighted by atomic mass is 9.95. The van der Waals surface area contributed by atoms with Crippen molar-refractivity contribution in [3.63, 3.8) is 0 Å². The van der Waals surface area contributed by atoms with Gasteiger partial charge in [-0.2, -0.15) is 0 Å². The first kappa shape index (κ1) is 22.2. The minimum atomic E-state index is 0.0435. The fourth-order valence-electron chi connectivity index (χ4n) is 4.86. The van der Waals surface area contributed by atoms with E-state index in [0.29, 0.717) is 6.61 Å². The van der Waals surface area contributed by atoms with Crippen molar-refractivity contribution in [3.8, 4) is 5.69 Å². The van der Waals surface area contributed by atoms with Crippen LogP contribution >= 0.6 is 11.6 Å². The van der Waals surface area contributed by atoms with Gasteiger partial charge in [-0.3, -0.25) is 9.36 Å². The van der Waals surface area contributed by atoms with E-state index >= 15 is 0 Å². The van der Waals surface area contributed by atoms with Crippen LogP contribution in [0.4, 0.5) is 5.95 Å². The van der Waals surface area contributed by atoms with E-state index in [2.05, 4.69) is 52.9 Å². The van der Waals surface area contributed by atoms with Gasteiger partial charge in [-0.25, -0.2) is 4.98 Å². The van der Waals surface area contributed by atoms with Gasteiger partial charge in [-0.05, 0) is 87.1 Å². The van der Waals surface area contributed by atoms with Crippen LogP contribution in [-0.4, -0.2) is 47.8 Å². The number of fused-ring (bicyclic) bond motifs is 1. The second-order valence-electron chi connectivity index (χ2n) is 9.44. The Morgan fingerprint density at radius 1 is 1.06 bits per heavy atom. The maximum atomic E-state index is 12.8. The number of hydrogen-bond donors (Lipinski definition) is 1. The maximum Gasteiger partial charge on any atom is 0.223 e. The van der Waals surface area contributed by atoms with Crippen LogP contribution in [0.15, 0.2) is 30.3 Å². The molecule has 7 heteroatoms. The van der Waals surface area contributed by atoms with Crippen LogP contribution in [0.5, 0.6) is 0 Å².